The Morgan fingerprint density at radius 3 is 2.15 bits per heavy atom. The molecule has 0 spiro atoms. The molecule has 0 aromatic heterocycles. The number of methoxy groups -OCH3 is 1. The zero-order chi connectivity index (χ0) is 20.0. The Bertz CT molecular complexity index is 851. The summed E-state index contributed by atoms with van der Waals surface area (Å²) in [6, 6.07) is 15.2. The number of nitrogens with one attached hydrogen (secondary N) is 1. The summed E-state index contributed by atoms with van der Waals surface area (Å²) in [5.74, 6) is 0.371. The molecule has 1 amide bonds. The maximum Gasteiger partial charge on any atom is 0.243 e. The number of likely N-dealkylation sites (N-methyl/N-ethyl adjacent to an activating group) is 1. The third-order valence-corrected chi connectivity index (χ3v) is 5.75. The maximum atomic E-state index is 13.1. The minimum Gasteiger partial charge on any atom is -0.497 e. The van der Waals surface area contributed by atoms with Gasteiger partial charge < -0.3 is 10.1 Å². The molecule has 7 heteroatoms. The summed E-state index contributed by atoms with van der Waals surface area (Å²) < 4.78 is 30.4. The van der Waals surface area contributed by atoms with E-state index in [0.29, 0.717) is 12.0 Å². The monoisotopic (exact) mass is 390 g/mol. The van der Waals surface area contributed by atoms with Crippen LogP contribution in [0.2, 0.25) is 0 Å². The van der Waals surface area contributed by atoms with E-state index in [4.69, 9.17) is 4.74 Å². The van der Waals surface area contributed by atoms with Crippen LogP contribution >= 0.6 is 0 Å². The number of benzene rings is 2. The Balaban J connectivity index is 2.30. The van der Waals surface area contributed by atoms with Crippen molar-refractivity contribution in [3.63, 3.8) is 0 Å². The summed E-state index contributed by atoms with van der Waals surface area (Å²) in [7, 11) is -0.541. The van der Waals surface area contributed by atoms with Gasteiger partial charge in [-0.15, -0.1) is 0 Å². The van der Waals surface area contributed by atoms with Crippen molar-refractivity contribution < 1.29 is 17.9 Å². The lowest BCUT2D eigenvalue weighted by molar-refractivity contribution is -0.125. The topological polar surface area (TPSA) is 75.7 Å². The average Bonchev–Trinajstić information content (AvgIpc) is 2.66. The van der Waals surface area contributed by atoms with Gasteiger partial charge in [-0.1, -0.05) is 49.4 Å². The first-order chi connectivity index (χ1) is 12.8. The van der Waals surface area contributed by atoms with Crippen LogP contribution in [0.25, 0.3) is 0 Å². The lowest BCUT2D eigenvalue weighted by Gasteiger charge is -2.28. The first kappa shape index (κ1) is 20.9. The van der Waals surface area contributed by atoms with E-state index >= 15 is 0 Å². The van der Waals surface area contributed by atoms with Gasteiger partial charge in [-0.2, -0.15) is 4.31 Å². The van der Waals surface area contributed by atoms with Gasteiger partial charge >= 0.3 is 0 Å². The lowest BCUT2D eigenvalue weighted by Crippen LogP contribution is -2.42. The van der Waals surface area contributed by atoms with E-state index in [-0.39, 0.29) is 11.9 Å². The number of sulfonamides is 1. The SMILES string of the molecule is CCC(NC(=O)C(c1ccccc1)N(C)S(C)(=O)=O)c1ccc(OC)cc1. The molecule has 2 atom stereocenters. The van der Waals surface area contributed by atoms with Crippen LogP contribution in [0, 0.1) is 0 Å². The highest BCUT2D eigenvalue weighted by molar-refractivity contribution is 7.88. The molecule has 0 saturated heterocycles. The summed E-state index contributed by atoms with van der Waals surface area (Å²) in [5.41, 5.74) is 1.55. The summed E-state index contributed by atoms with van der Waals surface area (Å²) in [4.78, 5) is 13.1. The molecule has 0 aliphatic heterocycles. The Morgan fingerprint density at radius 1 is 1.07 bits per heavy atom. The summed E-state index contributed by atoms with van der Waals surface area (Å²) in [5, 5.41) is 2.99. The van der Waals surface area contributed by atoms with Crippen molar-refractivity contribution in [2.45, 2.75) is 25.4 Å². The third kappa shape index (κ3) is 5.30. The number of rotatable bonds is 8. The number of ether oxygens (including phenoxy) is 1. The van der Waals surface area contributed by atoms with E-state index in [1.54, 1.807) is 31.4 Å². The van der Waals surface area contributed by atoms with Crippen LogP contribution in [-0.2, 0) is 14.8 Å². The molecule has 2 unspecified atom stereocenters. The molecular formula is C20H26N2O4S. The second-order valence-electron chi connectivity index (χ2n) is 6.34. The molecule has 0 bridgehead atoms. The Labute approximate surface area is 161 Å². The van der Waals surface area contributed by atoms with Crippen molar-refractivity contribution in [2.75, 3.05) is 20.4 Å². The van der Waals surface area contributed by atoms with Crippen LogP contribution in [0.15, 0.2) is 54.6 Å². The number of amides is 1. The minimum atomic E-state index is -3.56. The van der Waals surface area contributed by atoms with E-state index in [2.05, 4.69) is 5.32 Å². The molecule has 2 aromatic rings. The quantitative estimate of drug-likeness (QED) is 0.752. The molecule has 2 rings (SSSR count). The van der Waals surface area contributed by atoms with Gasteiger partial charge in [0.1, 0.15) is 11.8 Å². The zero-order valence-corrected chi connectivity index (χ0v) is 16.9. The number of hydrogen-bond acceptors (Lipinski definition) is 4. The van der Waals surface area contributed by atoms with Crippen LogP contribution in [0.5, 0.6) is 5.75 Å². The van der Waals surface area contributed by atoms with Crippen molar-refractivity contribution in [1.29, 1.82) is 0 Å². The highest BCUT2D eigenvalue weighted by Crippen LogP contribution is 2.25. The maximum absolute atomic E-state index is 13.1. The predicted molar refractivity (Wildman–Crippen MR) is 106 cm³/mol. The third-order valence-electron chi connectivity index (χ3n) is 4.49. The van der Waals surface area contributed by atoms with E-state index in [1.165, 1.54) is 7.05 Å². The first-order valence-electron chi connectivity index (χ1n) is 8.70. The van der Waals surface area contributed by atoms with Crippen molar-refractivity contribution in [2.24, 2.45) is 0 Å². The highest BCUT2D eigenvalue weighted by Gasteiger charge is 2.31. The van der Waals surface area contributed by atoms with Crippen LogP contribution in [-0.4, -0.2) is 39.0 Å². The van der Waals surface area contributed by atoms with Crippen LogP contribution in [0.3, 0.4) is 0 Å². The van der Waals surface area contributed by atoms with Gasteiger partial charge in [-0.25, -0.2) is 8.42 Å². The smallest absolute Gasteiger partial charge is 0.243 e. The van der Waals surface area contributed by atoms with Gasteiger partial charge in [0.2, 0.25) is 15.9 Å². The molecule has 0 aliphatic carbocycles. The molecule has 6 nitrogen and oxygen atoms in total. The minimum absolute atomic E-state index is 0.234. The fourth-order valence-electron chi connectivity index (χ4n) is 2.86. The first-order valence-corrected chi connectivity index (χ1v) is 10.5. The van der Waals surface area contributed by atoms with Crippen molar-refractivity contribution in [3.05, 3.63) is 65.7 Å². The van der Waals surface area contributed by atoms with Gasteiger partial charge in [0.25, 0.3) is 0 Å². The molecule has 0 radical (unpaired) electrons. The predicted octanol–water partition coefficient (Wildman–Crippen LogP) is 2.90. The van der Waals surface area contributed by atoms with E-state index in [0.717, 1.165) is 21.9 Å². The molecule has 1 N–H and O–H groups in total. The van der Waals surface area contributed by atoms with Gasteiger partial charge in [-0.3, -0.25) is 4.79 Å². The normalized spacial score (nSPS) is 13.8. The molecule has 0 aliphatic rings. The second kappa shape index (κ2) is 9.01. The molecule has 0 heterocycles. The number of nitrogens with zero attached hydrogens (tertiary/aromatic N) is 1. The van der Waals surface area contributed by atoms with E-state index in [9.17, 15) is 13.2 Å². The van der Waals surface area contributed by atoms with E-state index in [1.807, 2.05) is 37.3 Å². The van der Waals surface area contributed by atoms with E-state index < -0.39 is 16.1 Å². The zero-order valence-electron chi connectivity index (χ0n) is 16.0. The average molecular weight is 391 g/mol. The van der Waals surface area contributed by atoms with Gasteiger partial charge in [0.15, 0.2) is 0 Å². The fraction of sp³-hybridized carbons (Fsp3) is 0.350. The second-order valence-corrected chi connectivity index (χ2v) is 8.38. The largest absolute Gasteiger partial charge is 0.497 e. The van der Waals surface area contributed by atoms with Gasteiger partial charge in [0, 0.05) is 7.05 Å². The summed E-state index contributed by atoms with van der Waals surface area (Å²) >= 11 is 0. The van der Waals surface area contributed by atoms with Gasteiger partial charge in [0.05, 0.1) is 19.4 Å². The molecule has 0 saturated carbocycles. The molecule has 27 heavy (non-hydrogen) atoms. The van der Waals surface area contributed by atoms with Crippen LogP contribution in [0.4, 0.5) is 0 Å². The number of carbonyl (C=O) groups is 1. The lowest BCUT2D eigenvalue weighted by atomic mass is 10.0. The molecule has 0 fully saturated rings. The standard InChI is InChI=1S/C20H26N2O4S/c1-5-18(15-11-13-17(26-3)14-12-15)21-20(23)19(22(2)27(4,24)25)16-9-7-6-8-10-16/h6-14,18-19H,5H2,1-4H3,(H,21,23). The molecular weight excluding hydrogens is 364 g/mol. The Kier molecular flexibility index (Phi) is 6.98. The van der Waals surface area contributed by atoms with Crippen molar-refractivity contribution in [1.82, 2.24) is 9.62 Å². The van der Waals surface area contributed by atoms with Crippen LogP contribution in [0.1, 0.15) is 36.6 Å². The Hall–Kier alpha value is -2.38. The highest BCUT2D eigenvalue weighted by atomic mass is 32.2. The summed E-state index contributed by atoms with van der Waals surface area (Å²) in [6.45, 7) is 1.97. The van der Waals surface area contributed by atoms with Crippen molar-refractivity contribution >= 4 is 15.9 Å². The van der Waals surface area contributed by atoms with Crippen LogP contribution < -0.4 is 10.1 Å². The molecule has 146 valence electrons. The number of hydrogen-bond donors (Lipinski definition) is 1. The fourth-order valence-corrected chi connectivity index (χ4v) is 3.46. The molecule has 2 aromatic carbocycles. The van der Waals surface area contributed by atoms with Gasteiger partial charge in [-0.05, 0) is 29.7 Å². The summed E-state index contributed by atoms with van der Waals surface area (Å²) in [6.07, 6.45) is 1.76. The Morgan fingerprint density at radius 2 is 1.67 bits per heavy atom. The number of carbonyl (C=O) groups excluding carboxylic acids is 1. The van der Waals surface area contributed by atoms with Crippen molar-refractivity contribution in [3.8, 4) is 5.75 Å².